The van der Waals surface area contributed by atoms with Gasteiger partial charge in [-0.1, -0.05) is 0 Å². The van der Waals surface area contributed by atoms with Crippen LogP contribution in [0.3, 0.4) is 0 Å². The van der Waals surface area contributed by atoms with Crippen LogP contribution in [0.15, 0.2) is 10.8 Å². The minimum atomic E-state index is 0.0614. The average molecular weight is 357 g/mol. The zero-order valence-electron chi connectivity index (χ0n) is 12.4. The van der Waals surface area contributed by atoms with Crippen LogP contribution >= 0.6 is 15.9 Å². The second-order valence-corrected chi connectivity index (χ2v) is 6.11. The molecule has 0 atom stereocenters. The van der Waals surface area contributed by atoms with E-state index >= 15 is 0 Å². The van der Waals surface area contributed by atoms with Crippen LogP contribution in [0.2, 0.25) is 0 Å². The van der Waals surface area contributed by atoms with Gasteiger partial charge < -0.3 is 15.4 Å². The molecular formula is C14H21BrN4O2. The Balaban J connectivity index is 2.01. The number of ether oxygens (including phenoxy) is 1. The van der Waals surface area contributed by atoms with Crippen molar-refractivity contribution in [2.45, 2.75) is 44.8 Å². The number of Topliss-reactive ketones (excluding diaryl/α,β-unsaturated/α-hetero) is 1. The number of hydrogen-bond acceptors (Lipinski definition) is 6. The molecule has 1 aromatic rings. The zero-order chi connectivity index (χ0) is 15.2. The number of halogens is 1. The highest BCUT2D eigenvalue weighted by Crippen LogP contribution is 2.26. The van der Waals surface area contributed by atoms with E-state index in [2.05, 4.69) is 36.5 Å². The minimum Gasteiger partial charge on any atom is -0.381 e. The van der Waals surface area contributed by atoms with Crippen molar-refractivity contribution >= 4 is 33.3 Å². The minimum absolute atomic E-state index is 0.0614. The summed E-state index contributed by atoms with van der Waals surface area (Å²) in [7, 11) is 1.77. The molecule has 0 spiro atoms. The van der Waals surface area contributed by atoms with Crippen molar-refractivity contribution in [1.82, 2.24) is 9.97 Å². The van der Waals surface area contributed by atoms with Gasteiger partial charge in [-0.05, 0) is 48.5 Å². The number of methoxy groups -OCH3 is 1. The van der Waals surface area contributed by atoms with E-state index in [1.54, 1.807) is 20.2 Å². The maximum atomic E-state index is 11.1. The number of carbonyl (C=O) groups excluding carboxylic acids is 1. The Morgan fingerprint density at radius 3 is 2.71 bits per heavy atom. The first-order valence-corrected chi connectivity index (χ1v) is 7.93. The predicted octanol–water partition coefficient (Wildman–Crippen LogP) is 2.61. The van der Waals surface area contributed by atoms with Gasteiger partial charge in [-0.3, -0.25) is 4.79 Å². The van der Waals surface area contributed by atoms with Crippen molar-refractivity contribution in [3.8, 4) is 0 Å². The fraction of sp³-hybridized carbons (Fsp3) is 0.643. The van der Waals surface area contributed by atoms with Crippen LogP contribution in [-0.2, 0) is 9.53 Å². The van der Waals surface area contributed by atoms with Gasteiger partial charge in [0.1, 0.15) is 10.4 Å². The van der Waals surface area contributed by atoms with Gasteiger partial charge in [0.25, 0.3) is 0 Å². The number of carbonyl (C=O) groups is 1. The van der Waals surface area contributed by atoms with Crippen molar-refractivity contribution in [3.63, 3.8) is 0 Å². The summed E-state index contributed by atoms with van der Waals surface area (Å²) in [6, 6.07) is 0.359. The Hall–Kier alpha value is -1.21. The molecule has 7 heteroatoms. The summed E-state index contributed by atoms with van der Waals surface area (Å²) >= 11 is 3.33. The summed E-state index contributed by atoms with van der Waals surface area (Å²) in [6.45, 7) is 1.79. The molecule has 2 N–H and O–H groups in total. The Bertz CT molecular complexity index is 490. The lowest BCUT2D eigenvalue weighted by molar-refractivity contribution is -0.115. The molecule has 21 heavy (non-hydrogen) atoms. The van der Waals surface area contributed by atoms with Crippen molar-refractivity contribution in [2.75, 3.05) is 24.3 Å². The highest BCUT2D eigenvalue weighted by molar-refractivity contribution is 9.10. The van der Waals surface area contributed by atoms with E-state index in [1.807, 2.05) is 0 Å². The van der Waals surface area contributed by atoms with Gasteiger partial charge in [0.2, 0.25) is 0 Å². The largest absolute Gasteiger partial charge is 0.381 e. The van der Waals surface area contributed by atoms with Crippen molar-refractivity contribution in [2.24, 2.45) is 0 Å². The van der Waals surface area contributed by atoms with Gasteiger partial charge in [-0.2, -0.15) is 0 Å². The smallest absolute Gasteiger partial charge is 0.170 e. The number of aromatic nitrogens is 2. The molecule has 0 radical (unpaired) electrons. The number of rotatable bonds is 6. The van der Waals surface area contributed by atoms with E-state index in [-0.39, 0.29) is 12.3 Å². The third kappa shape index (κ3) is 4.93. The summed E-state index contributed by atoms with van der Waals surface area (Å²) in [5.74, 6) is 1.36. The maximum Gasteiger partial charge on any atom is 0.170 e. The van der Waals surface area contributed by atoms with Crippen LogP contribution in [0.1, 0.15) is 32.6 Å². The van der Waals surface area contributed by atoms with Gasteiger partial charge in [-0.25, -0.2) is 9.97 Å². The molecule has 0 amide bonds. The molecule has 1 aliphatic carbocycles. The lowest BCUT2D eigenvalue weighted by atomic mass is 9.93. The van der Waals surface area contributed by atoms with Crippen LogP contribution in [0.4, 0.5) is 11.6 Å². The average Bonchev–Trinajstić information content (AvgIpc) is 2.47. The first kappa shape index (κ1) is 16.2. The molecule has 1 aliphatic rings. The monoisotopic (exact) mass is 356 g/mol. The maximum absolute atomic E-state index is 11.1. The summed E-state index contributed by atoms with van der Waals surface area (Å²) < 4.78 is 6.05. The second kappa shape index (κ2) is 7.70. The number of ketones is 1. The van der Waals surface area contributed by atoms with Gasteiger partial charge >= 0.3 is 0 Å². The first-order valence-electron chi connectivity index (χ1n) is 7.13. The summed E-state index contributed by atoms with van der Waals surface area (Å²) in [5.41, 5.74) is 0. The van der Waals surface area contributed by atoms with Crippen LogP contribution in [-0.4, -0.2) is 41.6 Å². The molecule has 1 fully saturated rings. The third-order valence-electron chi connectivity index (χ3n) is 3.60. The summed E-state index contributed by atoms with van der Waals surface area (Å²) in [5, 5.41) is 6.44. The normalized spacial score (nSPS) is 21.9. The fourth-order valence-corrected chi connectivity index (χ4v) is 2.72. The third-order valence-corrected chi connectivity index (χ3v) is 3.98. The molecule has 0 aromatic carbocycles. The van der Waals surface area contributed by atoms with Gasteiger partial charge in [0.15, 0.2) is 11.6 Å². The lowest BCUT2D eigenvalue weighted by Gasteiger charge is -2.29. The topological polar surface area (TPSA) is 76.1 Å². The van der Waals surface area contributed by atoms with Crippen LogP contribution in [0.5, 0.6) is 0 Å². The Morgan fingerprint density at radius 2 is 2.10 bits per heavy atom. The number of hydrogen-bond donors (Lipinski definition) is 2. The van der Waals surface area contributed by atoms with Crippen LogP contribution in [0.25, 0.3) is 0 Å². The van der Waals surface area contributed by atoms with Gasteiger partial charge in [0, 0.05) is 13.2 Å². The van der Waals surface area contributed by atoms with E-state index < -0.39 is 0 Å². The zero-order valence-corrected chi connectivity index (χ0v) is 13.9. The van der Waals surface area contributed by atoms with Crippen molar-refractivity contribution < 1.29 is 9.53 Å². The van der Waals surface area contributed by atoms with Gasteiger partial charge in [-0.15, -0.1) is 0 Å². The Labute approximate surface area is 133 Å². The van der Waals surface area contributed by atoms with E-state index in [9.17, 15) is 4.79 Å². The standard InChI is InChI=1S/C14H21BrN4O2/c1-9(20)7-16-13-14(19-12(15)8-17-13)18-10-3-5-11(21-2)6-4-10/h8,10-11H,3-7H2,1-2H3,(H,16,17)(H,18,19). The van der Waals surface area contributed by atoms with Gasteiger partial charge in [0.05, 0.1) is 18.8 Å². The molecule has 1 saturated carbocycles. The van der Waals surface area contributed by atoms with E-state index in [1.165, 1.54) is 0 Å². The number of nitrogens with one attached hydrogen (secondary N) is 2. The molecule has 0 aliphatic heterocycles. The molecule has 6 nitrogen and oxygen atoms in total. The quantitative estimate of drug-likeness (QED) is 0.815. The molecule has 116 valence electrons. The SMILES string of the molecule is COC1CCC(Nc2nc(Br)cnc2NCC(C)=O)CC1. The van der Waals surface area contributed by atoms with Crippen LogP contribution in [0, 0.1) is 0 Å². The molecule has 1 aromatic heterocycles. The van der Waals surface area contributed by atoms with Crippen molar-refractivity contribution in [1.29, 1.82) is 0 Å². The molecule has 0 bridgehead atoms. The second-order valence-electron chi connectivity index (χ2n) is 5.30. The summed E-state index contributed by atoms with van der Waals surface area (Å²) in [4.78, 5) is 19.8. The highest BCUT2D eigenvalue weighted by atomic mass is 79.9. The highest BCUT2D eigenvalue weighted by Gasteiger charge is 2.22. The lowest BCUT2D eigenvalue weighted by Crippen LogP contribution is -2.30. The first-order chi connectivity index (χ1) is 10.1. The molecule has 0 unspecified atom stereocenters. The molecular weight excluding hydrogens is 336 g/mol. The van der Waals surface area contributed by atoms with E-state index in [4.69, 9.17) is 4.74 Å². The molecule has 0 saturated heterocycles. The number of nitrogens with zero attached hydrogens (tertiary/aromatic N) is 2. The van der Waals surface area contributed by atoms with Crippen molar-refractivity contribution in [3.05, 3.63) is 10.8 Å². The van der Waals surface area contributed by atoms with E-state index in [0.717, 1.165) is 25.7 Å². The molecule has 1 heterocycles. The number of anilines is 2. The predicted molar refractivity (Wildman–Crippen MR) is 85.6 cm³/mol. The Morgan fingerprint density at radius 1 is 1.38 bits per heavy atom. The molecule has 2 rings (SSSR count). The van der Waals surface area contributed by atoms with E-state index in [0.29, 0.717) is 28.4 Å². The fourth-order valence-electron chi connectivity index (χ4n) is 2.44. The van der Waals surface area contributed by atoms with Crippen LogP contribution < -0.4 is 10.6 Å². The Kier molecular flexibility index (Phi) is 5.93. The summed E-state index contributed by atoms with van der Waals surface area (Å²) in [6.07, 6.45) is 6.16.